The zero-order valence-electron chi connectivity index (χ0n) is 43.2. The molecule has 4 heterocycles. The summed E-state index contributed by atoms with van der Waals surface area (Å²) in [5, 5.41) is 14.2. The van der Waals surface area contributed by atoms with Gasteiger partial charge in [-0.2, -0.15) is 13.2 Å². The van der Waals surface area contributed by atoms with Gasteiger partial charge >= 0.3 is 19.0 Å². The minimum absolute atomic E-state index is 0.0147. The topological polar surface area (TPSA) is 128 Å². The molecule has 3 aliphatic heterocycles. The minimum Gasteiger partial charge on any atom is -0.478 e. The number of alkyl halides is 3. The third-order valence-electron chi connectivity index (χ3n) is 15.0. The number of carboxylic acid groups (broad SMARTS) is 1. The fourth-order valence-electron chi connectivity index (χ4n) is 10.9. The van der Waals surface area contributed by atoms with Crippen molar-refractivity contribution in [3.05, 3.63) is 138 Å². The first-order valence-electron chi connectivity index (χ1n) is 26.0. The minimum atomic E-state index is -5.91. The zero-order chi connectivity index (χ0) is 53.9. The summed E-state index contributed by atoms with van der Waals surface area (Å²) in [7, 11) is -10.0. The smallest absolute Gasteiger partial charge is 0.478 e. The van der Waals surface area contributed by atoms with E-state index in [2.05, 4.69) is 37.6 Å². The third-order valence-corrected chi connectivity index (χ3v) is 20.5. The lowest BCUT2D eigenvalue weighted by Gasteiger charge is -2.37. The Morgan fingerprint density at radius 3 is 2.12 bits per heavy atom. The van der Waals surface area contributed by atoms with E-state index >= 15 is 4.57 Å². The van der Waals surface area contributed by atoms with Crippen LogP contribution >= 0.6 is 30.9 Å². The van der Waals surface area contributed by atoms with Gasteiger partial charge in [0.25, 0.3) is 9.84 Å². The van der Waals surface area contributed by atoms with Gasteiger partial charge in [0, 0.05) is 88.8 Å². The lowest BCUT2D eigenvalue weighted by Crippen LogP contribution is -2.46. The fraction of sp³-hybridized carbons (Fsp3) is 0.386. The van der Waals surface area contributed by atoms with E-state index in [9.17, 15) is 31.5 Å². The van der Waals surface area contributed by atoms with Crippen LogP contribution in [0.3, 0.4) is 0 Å². The number of aromatic carboxylic acids is 1. The SMILES string of the molecule is CCC1CCN(CC[C@H](CSc2ccccc2)Nc2ccc([P@@]3(=O)OCCN3c3ccc(N4CCN(c5cccc(-c6c(C(=O)O)c(C)n(C(C)C)c6-c6ccc(Cl)cc6)c5)CC4)cc3)cc2S(=O)(=O)C(F)(F)F)CC1. The maximum Gasteiger partial charge on any atom is 0.501 e. The molecule has 9 rings (SSSR count). The van der Waals surface area contributed by atoms with Crippen LogP contribution in [0, 0.1) is 12.8 Å². The van der Waals surface area contributed by atoms with Crippen molar-refractivity contribution in [1.29, 1.82) is 0 Å². The highest BCUT2D eigenvalue weighted by molar-refractivity contribution is 7.99. The number of aromatic nitrogens is 1. The van der Waals surface area contributed by atoms with Crippen LogP contribution in [-0.4, -0.2) is 105 Å². The van der Waals surface area contributed by atoms with Gasteiger partial charge in [0.05, 0.1) is 35.4 Å². The van der Waals surface area contributed by atoms with E-state index in [0.717, 1.165) is 71.5 Å². The molecule has 3 fully saturated rings. The highest BCUT2D eigenvalue weighted by atomic mass is 35.5. The number of likely N-dealkylation sites (tertiary alicyclic amines) is 1. The molecule has 0 bridgehead atoms. The molecule has 2 N–H and O–H groups in total. The van der Waals surface area contributed by atoms with Gasteiger partial charge in [-0.1, -0.05) is 67.4 Å². The summed E-state index contributed by atoms with van der Waals surface area (Å²) in [4.78, 5) is 19.8. The van der Waals surface area contributed by atoms with Crippen LogP contribution in [0.25, 0.3) is 22.4 Å². The highest BCUT2D eigenvalue weighted by Gasteiger charge is 2.49. The summed E-state index contributed by atoms with van der Waals surface area (Å²) >= 11 is 7.82. The van der Waals surface area contributed by atoms with E-state index in [1.54, 1.807) is 23.9 Å². The molecule has 0 spiro atoms. The molecule has 0 radical (unpaired) electrons. The van der Waals surface area contributed by atoms with Gasteiger partial charge in [0.2, 0.25) is 0 Å². The second kappa shape index (κ2) is 23.3. The van der Waals surface area contributed by atoms with Crippen LogP contribution < -0.4 is 25.1 Å². The fourth-order valence-corrected chi connectivity index (χ4v) is 15.3. The average molecular weight is 1120 g/mol. The molecule has 3 saturated heterocycles. The number of hydrogen-bond acceptors (Lipinski definition) is 10. The molecule has 404 valence electrons. The largest absolute Gasteiger partial charge is 0.501 e. The van der Waals surface area contributed by atoms with Crippen molar-refractivity contribution in [2.75, 3.05) is 84.5 Å². The monoisotopic (exact) mass is 1120 g/mol. The van der Waals surface area contributed by atoms with Crippen molar-refractivity contribution in [3.8, 4) is 22.4 Å². The number of carboxylic acids is 1. The zero-order valence-corrected chi connectivity index (χ0v) is 46.5. The van der Waals surface area contributed by atoms with Crippen molar-refractivity contribution in [2.45, 2.75) is 80.8 Å². The maximum absolute atomic E-state index is 15.0. The molecular weight excluding hydrogens is 1050 g/mol. The Hall–Kier alpha value is -5.42. The molecule has 0 unspecified atom stereocenters. The predicted molar refractivity (Wildman–Crippen MR) is 302 cm³/mol. The first-order chi connectivity index (χ1) is 36.4. The third kappa shape index (κ3) is 11.7. The Morgan fingerprint density at radius 1 is 0.829 bits per heavy atom. The van der Waals surface area contributed by atoms with Crippen LogP contribution in [0.1, 0.15) is 68.5 Å². The van der Waals surface area contributed by atoms with E-state index in [1.807, 2.05) is 106 Å². The Morgan fingerprint density at radius 2 is 1.49 bits per heavy atom. The number of piperazine rings is 1. The molecule has 2 atom stereocenters. The number of benzene rings is 5. The van der Waals surface area contributed by atoms with Gasteiger partial charge < -0.3 is 34.2 Å². The van der Waals surface area contributed by atoms with E-state index < -0.39 is 39.8 Å². The Balaban J connectivity index is 0.921. The van der Waals surface area contributed by atoms with E-state index in [0.29, 0.717) is 72.8 Å². The van der Waals surface area contributed by atoms with Crippen LogP contribution in [0.4, 0.5) is 35.9 Å². The number of hydrogen-bond donors (Lipinski definition) is 2. The molecule has 3 aliphatic rings. The lowest BCUT2D eigenvalue weighted by atomic mass is 9.94. The summed E-state index contributed by atoms with van der Waals surface area (Å²) in [6, 6.07) is 35.7. The second-order valence-corrected chi connectivity index (χ2v) is 25.8. The molecule has 6 aromatic rings. The molecular formula is C57H65ClF3N6O6PS2. The van der Waals surface area contributed by atoms with Crippen LogP contribution in [0.15, 0.2) is 131 Å². The molecule has 76 heavy (non-hydrogen) atoms. The number of sulfone groups is 1. The summed E-state index contributed by atoms with van der Waals surface area (Å²) in [5.74, 6) is 0.150. The van der Waals surface area contributed by atoms with Crippen molar-refractivity contribution < 1.29 is 40.6 Å². The summed E-state index contributed by atoms with van der Waals surface area (Å²) in [6.07, 6.45) is 3.87. The Labute approximate surface area is 453 Å². The summed E-state index contributed by atoms with van der Waals surface area (Å²) in [5.41, 5.74) is 0.611. The average Bonchev–Trinajstić information content (AvgIpc) is 3.97. The van der Waals surface area contributed by atoms with Gasteiger partial charge in [-0.05, 0) is 149 Å². The number of halogens is 4. The lowest BCUT2D eigenvalue weighted by molar-refractivity contribution is -0.0435. The number of carbonyl (C=O) groups is 1. The van der Waals surface area contributed by atoms with E-state index in [4.69, 9.17) is 16.1 Å². The first kappa shape index (κ1) is 55.3. The number of rotatable bonds is 18. The van der Waals surface area contributed by atoms with Gasteiger partial charge in [-0.3, -0.25) is 9.24 Å². The van der Waals surface area contributed by atoms with Gasteiger partial charge in [-0.15, -0.1) is 11.8 Å². The normalized spacial score (nSPS) is 18.4. The van der Waals surface area contributed by atoms with Crippen molar-refractivity contribution in [1.82, 2.24) is 9.47 Å². The Bertz CT molecular complexity index is 3170. The maximum atomic E-state index is 15.0. The van der Waals surface area contributed by atoms with Gasteiger partial charge in [0.15, 0.2) is 0 Å². The molecule has 0 amide bonds. The molecule has 1 aromatic heterocycles. The van der Waals surface area contributed by atoms with Crippen LogP contribution in [0.2, 0.25) is 5.02 Å². The van der Waals surface area contributed by atoms with Gasteiger partial charge in [0.1, 0.15) is 4.90 Å². The Kier molecular flexibility index (Phi) is 16.9. The number of thioether (sulfide) groups is 1. The van der Waals surface area contributed by atoms with Crippen LogP contribution in [0.5, 0.6) is 0 Å². The summed E-state index contributed by atoms with van der Waals surface area (Å²) < 4.78 is 95.2. The summed E-state index contributed by atoms with van der Waals surface area (Å²) in [6.45, 7) is 13.5. The van der Waals surface area contributed by atoms with Crippen molar-refractivity contribution in [2.24, 2.45) is 5.92 Å². The van der Waals surface area contributed by atoms with Crippen molar-refractivity contribution >= 4 is 74.7 Å². The van der Waals surface area contributed by atoms with E-state index in [-0.39, 0.29) is 35.7 Å². The molecule has 19 heteroatoms. The predicted octanol–water partition coefficient (Wildman–Crippen LogP) is 13.1. The molecule has 5 aromatic carbocycles. The molecule has 0 saturated carbocycles. The molecule has 12 nitrogen and oxygen atoms in total. The first-order valence-corrected chi connectivity index (χ1v) is 30.4. The quantitative estimate of drug-likeness (QED) is 0.0628. The number of nitrogens with zero attached hydrogens (tertiary/aromatic N) is 5. The van der Waals surface area contributed by atoms with E-state index in [1.165, 1.54) is 16.8 Å². The number of anilines is 4. The van der Waals surface area contributed by atoms with Gasteiger partial charge in [-0.25, -0.2) is 13.2 Å². The standard InChI is InChI=1S/C57H65ClF3N6O6PS2/c1-5-41-24-27-63(28-25-41)29-26-45(38-75-50-12-7-6-8-13-50)62-51-23-22-49(37-52(51)76(71,72)57(59,60)61)74(70)66(34-35-73-74)47-20-18-46(19-21-47)64-30-32-65(33-31-64)48-11-9-10-43(36-48)54-53(56(68)69)40(4)67(39(2)3)55(54)42-14-16-44(58)17-15-42/h6-23,36-37,39,41,45,62H,5,24-35,38H2,1-4H3,(H,68,69)/t45-,74-/m1/s1. The number of piperidine rings is 1. The highest BCUT2D eigenvalue weighted by Crippen LogP contribution is 2.56. The molecule has 0 aliphatic carbocycles. The second-order valence-electron chi connectivity index (χ2n) is 20.1. The van der Waals surface area contributed by atoms with Crippen molar-refractivity contribution in [3.63, 3.8) is 0 Å². The van der Waals surface area contributed by atoms with Crippen LogP contribution in [-0.2, 0) is 18.9 Å². The number of nitrogens with one attached hydrogen (secondary N) is 1.